The van der Waals surface area contributed by atoms with Gasteiger partial charge in [-0.25, -0.2) is 4.79 Å². The lowest BCUT2D eigenvalue weighted by atomic mass is 10.1. The maximum Gasteiger partial charge on any atom is 0.347 e. The Hall–Kier alpha value is -2.95. The number of carbonyl (C=O) groups excluding carboxylic acids is 2. The zero-order chi connectivity index (χ0) is 22.8. The Kier molecular flexibility index (Phi) is 9.02. The molecule has 3 aromatic rings. The lowest BCUT2D eigenvalue weighted by Crippen LogP contribution is -2.20. The molecule has 5 heteroatoms. The van der Waals surface area contributed by atoms with Gasteiger partial charge in [0.2, 0.25) is 5.78 Å². The molecule has 0 N–H and O–H groups in total. The van der Waals surface area contributed by atoms with Gasteiger partial charge in [0.05, 0.1) is 0 Å². The van der Waals surface area contributed by atoms with Crippen LogP contribution in [0.15, 0.2) is 51.7 Å². The Labute approximate surface area is 188 Å². The van der Waals surface area contributed by atoms with E-state index in [9.17, 15) is 14.4 Å². The van der Waals surface area contributed by atoms with Crippen molar-refractivity contribution in [2.24, 2.45) is 0 Å². The third-order valence-corrected chi connectivity index (χ3v) is 5.75. The van der Waals surface area contributed by atoms with Gasteiger partial charge in [-0.2, -0.15) is 0 Å². The van der Waals surface area contributed by atoms with Crippen molar-refractivity contribution in [1.82, 2.24) is 0 Å². The molecule has 3 rings (SSSR count). The maximum atomic E-state index is 12.5. The van der Waals surface area contributed by atoms with Crippen LogP contribution in [-0.4, -0.2) is 18.4 Å². The SMILES string of the molecule is CCCCCCCCCCCC(=O)OCC(=O)c1cc2cc3ccccc3cc2oc1=O. The second-order valence-corrected chi connectivity index (χ2v) is 8.35. The van der Waals surface area contributed by atoms with Gasteiger partial charge in [-0.15, -0.1) is 0 Å². The summed E-state index contributed by atoms with van der Waals surface area (Å²) in [4.78, 5) is 36.7. The highest BCUT2D eigenvalue weighted by Crippen LogP contribution is 2.22. The van der Waals surface area contributed by atoms with Crippen molar-refractivity contribution < 1.29 is 18.7 Å². The summed E-state index contributed by atoms with van der Waals surface area (Å²) in [5.41, 5.74) is -0.385. The third kappa shape index (κ3) is 6.78. The highest BCUT2D eigenvalue weighted by Gasteiger charge is 2.16. The predicted molar refractivity (Wildman–Crippen MR) is 127 cm³/mol. The topological polar surface area (TPSA) is 73.6 Å². The lowest BCUT2D eigenvalue weighted by Gasteiger charge is -2.06. The standard InChI is InChI=1S/C27H32O5/c1-2-3-4-5-6-7-8-9-10-15-26(29)31-19-24(28)23-17-22-16-20-13-11-12-14-21(20)18-25(22)32-27(23)30/h11-14,16-18H,2-10,15,19H2,1H3. The molecule has 0 aliphatic heterocycles. The minimum absolute atomic E-state index is 0.0938. The Morgan fingerprint density at radius 2 is 1.44 bits per heavy atom. The summed E-state index contributed by atoms with van der Waals surface area (Å²) < 4.78 is 10.4. The summed E-state index contributed by atoms with van der Waals surface area (Å²) in [6, 6.07) is 12.9. The summed E-state index contributed by atoms with van der Waals surface area (Å²) in [7, 11) is 0. The van der Waals surface area contributed by atoms with Crippen LogP contribution in [0.2, 0.25) is 0 Å². The molecule has 32 heavy (non-hydrogen) atoms. The Bertz CT molecular complexity index is 1110. The van der Waals surface area contributed by atoms with E-state index in [1.807, 2.05) is 30.3 Å². The number of Topliss-reactive ketones (excluding diaryl/α,β-unsaturated/α-hetero) is 1. The van der Waals surface area contributed by atoms with E-state index in [1.165, 1.54) is 44.6 Å². The minimum atomic E-state index is -0.715. The molecule has 0 atom stereocenters. The molecule has 0 radical (unpaired) electrons. The Morgan fingerprint density at radius 1 is 0.812 bits per heavy atom. The largest absolute Gasteiger partial charge is 0.457 e. The first kappa shape index (κ1) is 23.7. The molecule has 0 aliphatic carbocycles. The Balaban J connectivity index is 1.45. The number of benzene rings is 2. The van der Waals surface area contributed by atoms with Crippen LogP contribution >= 0.6 is 0 Å². The van der Waals surface area contributed by atoms with Crippen molar-refractivity contribution in [1.29, 1.82) is 0 Å². The second kappa shape index (κ2) is 12.2. The molecule has 170 valence electrons. The highest BCUT2D eigenvalue weighted by atomic mass is 16.5. The number of fused-ring (bicyclic) bond motifs is 2. The highest BCUT2D eigenvalue weighted by molar-refractivity contribution is 6.02. The number of unbranched alkanes of at least 4 members (excludes halogenated alkanes) is 8. The Morgan fingerprint density at radius 3 is 2.12 bits per heavy atom. The quantitative estimate of drug-likeness (QED) is 0.0993. The van der Waals surface area contributed by atoms with Gasteiger partial charge in [0.15, 0.2) is 6.61 Å². The molecule has 5 nitrogen and oxygen atoms in total. The van der Waals surface area contributed by atoms with Gasteiger partial charge in [0.1, 0.15) is 11.1 Å². The molecule has 0 amide bonds. The molecular weight excluding hydrogens is 404 g/mol. The minimum Gasteiger partial charge on any atom is -0.457 e. The monoisotopic (exact) mass is 436 g/mol. The third-order valence-electron chi connectivity index (χ3n) is 5.75. The van der Waals surface area contributed by atoms with E-state index >= 15 is 0 Å². The van der Waals surface area contributed by atoms with Gasteiger partial charge in [-0.05, 0) is 35.4 Å². The van der Waals surface area contributed by atoms with Crippen molar-refractivity contribution in [2.45, 2.75) is 71.1 Å². The van der Waals surface area contributed by atoms with Crippen LogP contribution in [0.1, 0.15) is 81.5 Å². The van der Waals surface area contributed by atoms with E-state index in [4.69, 9.17) is 9.15 Å². The predicted octanol–water partition coefficient (Wildman–Crippen LogP) is 6.59. The number of hydrogen-bond donors (Lipinski definition) is 0. The summed E-state index contributed by atoms with van der Waals surface area (Å²) >= 11 is 0. The number of ether oxygens (including phenoxy) is 1. The van der Waals surface area contributed by atoms with Crippen molar-refractivity contribution >= 4 is 33.5 Å². The van der Waals surface area contributed by atoms with Crippen LogP contribution < -0.4 is 5.63 Å². The fourth-order valence-corrected chi connectivity index (χ4v) is 3.88. The summed E-state index contributed by atoms with van der Waals surface area (Å²) in [6.07, 6.45) is 10.8. The van der Waals surface area contributed by atoms with Gasteiger partial charge in [0, 0.05) is 11.8 Å². The fraction of sp³-hybridized carbons (Fsp3) is 0.444. The number of hydrogen-bond acceptors (Lipinski definition) is 5. The molecule has 0 spiro atoms. The molecule has 0 saturated heterocycles. The van der Waals surface area contributed by atoms with E-state index in [-0.39, 0.29) is 5.56 Å². The first-order valence-corrected chi connectivity index (χ1v) is 11.7. The summed E-state index contributed by atoms with van der Waals surface area (Å²) in [5.74, 6) is -0.952. The van der Waals surface area contributed by atoms with Crippen LogP contribution in [-0.2, 0) is 9.53 Å². The average Bonchev–Trinajstić information content (AvgIpc) is 2.79. The number of carbonyl (C=O) groups is 2. The van der Waals surface area contributed by atoms with E-state index in [0.29, 0.717) is 17.4 Å². The van der Waals surface area contributed by atoms with Gasteiger partial charge in [0.25, 0.3) is 0 Å². The van der Waals surface area contributed by atoms with Crippen molar-refractivity contribution in [2.75, 3.05) is 6.61 Å². The maximum absolute atomic E-state index is 12.5. The van der Waals surface area contributed by atoms with Gasteiger partial charge >= 0.3 is 11.6 Å². The van der Waals surface area contributed by atoms with E-state index in [1.54, 1.807) is 6.07 Å². The molecule has 0 bridgehead atoms. The van der Waals surface area contributed by atoms with Crippen LogP contribution in [0.5, 0.6) is 0 Å². The van der Waals surface area contributed by atoms with Crippen LogP contribution in [0, 0.1) is 0 Å². The molecule has 1 heterocycles. The van der Waals surface area contributed by atoms with E-state index in [0.717, 1.165) is 30.0 Å². The molecular formula is C27H32O5. The number of ketones is 1. The zero-order valence-corrected chi connectivity index (χ0v) is 18.9. The molecule has 1 aromatic heterocycles. The van der Waals surface area contributed by atoms with Crippen molar-refractivity contribution in [3.63, 3.8) is 0 Å². The number of rotatable bonds is 13. The zero-order valence-electron chi connectivity index (χ0n) is 18.9. The van der Waals surface area contributed by atoms with Crippen LogP contribution in [0.25, 0.3) is 21.7 Å². The molecule has 0 unspecified atom stereocenters. The molecule has 2 aromatic carbocycles. The smallest absolute Gasteiger partial charge is 0.347 e. The average molecular weight is 437 g/mol. The van der Waals surface area contributed by atoms with Crippen LogP contribution in [0.4, 0.5) is 0 Å². The second-order valence-electron chi connectivity index (χ2n) is 8.35. The van der Waals surface area contributed by atoms with Crippen LogP contribution in [0.3, 0.4) is 0 Å². The summed E-state index contributed by atoms with van der Waals surface area (Å²) in [6.45, 7) is 1.77. The first-order valence-electron chi connectivity index (χ1n) is 11.7. The van der Waals surface area contributed by atoms with Gasteiger partial charge in [-0.3, -0.25) is 9.59 Å². The molecule has 0 saturated carbocycles. The normalized spacial score (nSPS) is 11.2. The molecule has 0 fully saturated rings. The van der Waals surface area contributed by atoms with E-state index < -0.39 is 24.0 Å². The lowest BCUT2D eigenvalue weighted by molar-refractivity contribution is -0.142. The fourth-order valence-electron chi connectivity index (χ4n) is 3.88. The first-order chi connectivity index (χ1) is 15.6. The number of esters is 1. The summed E-state index contributed by atoms with van der Waals surface area (Å²) in [5, 5.41) is 2.60. The van der Waals surface area contributed by atoms with Crippen molar-refractivity contribution in [3.8, 4) is 0 Å². The van der Waals surface area contributed by atoms with Gasteiger partial charge < -0.3 is 9.15 Å². The molecule has 0 aliphatic rings. The van der Waals surface area contributed by atoms with E-state index in [2.05, 4.69) is 6.92 Å². The van der Waals surface area contributed by atoms with Gasteiger partial charge in [-0.1, -0.05) is 82.6 Å². The van der Waals surface area contributed by atoms with Crippen molar-refractivity contribution in [3.05, 3.63) is 58.4 Å².